The van der Waals surface area contributed by atoms with Crippen LogP contribution in [0.3, 0.4) is 0 Å². The maximum atomic E-state index is 11.9. The SMILES string of the molecule is COC(=O)c1ccc(-n2cccc2[C@H]2[C@H](c3ccccn3)NC(=S)N2c2ccc(C)cc2)cc1. The quantitative estimate of drug-likeness (QED) is 0.323. The number of benzene rings is 2. The van der Waals surface area contributed by atoms with Crippen molar-refractivity contribution in [1.82, 2.24) is 14.9 Å². The Morgan fingerprint density at radius 3 is 2.38 bits per heavy atom. The summed E-state index contributed by atoms with van der Waals surface area (Å²) in [5.74, 6) is -0.356. The van der Waals surface area contributed by atoms with Gasteiger partial charge in [0.15, 0.2) is 5.11 Å². The first-order valence-electron chi connectivity index (χ1n) is 11.0. The average Bonchev–Trinajstić information content (AvgIpc) is 3.49. The smallest absolute Gasteiger partial charge is 0.337 e. The highest BCUT2D eigenvalue weighted by molar-refractivity contribution is 7.80. The summed E-state index contributed by atoms with van der Waals surface area (Å²) in [6.45, 7) is 2.07. The molecule has 1 saturated heterocycles. The summed E-state index contributed by atoms with van der Waals surface area (Å²) < 4.78 is 6.96. The highest BCUT2D eigenvalue weighted by Crippen LogP contribution is 2.42. The number of hydrogen-bond donors (Lipinski definition) is 1. The number of thiocarbonyl (C=S) groups is 1. The summed E-state index contributed by atoms with van der Waals surface area (Å²) in [6, 6.07) is 25.5. The molecule has 4 aromatic rings. The summed E-state index contributed by atoms with van der Waals surface area (Å²) in [4.78, 5) is 18.7. The summed E-state index contributed by atoms with van der Waals surface area (Å²) in [7, 11) is 1.38. The molecular weight excluding hydrogens is 444 g/mol. The Morgan fingerprint density at radius 2 is 1.71 bits per heavy atom. The number of carbonyl (C=O) groups is 1. The monoisotopic (exact) mass is 468 g/mol. The van der Waals surface area contributed by atoms with Gasteiger partial charge in [0.05, 0.1) is 24.4 Å². The number of esters is 1. The van der Waals surface area contributed by atoms with Gasteiger partial charge in [0.2, 0.25) is 0 Å². The number of hydrogen-bond acceptors (Lipinski definition) is 4. The Labute approximate surface area is 203 Å². The highest BCUT2D eigenvalue weighted by Gasteiger charge is 2.42. The number of carbonyl (C=O) groups excluding carboxylic acids is 1. The van der Waals surface area contributed by atoms with Gasteiger partial charge in [-0.2, -0.15) is 0 Å². The van der Waals surface area contributed by atoms with Crippen molar-refractivity contribution in [3.8, 4) is 5.69 Å². The number of anilines is 1. The third kappa shape index (κ3) is 3.95. The molecule has 6 nitrogen and oxygen atoms in total. The Bertz CT molecular complexity index is 1320. The highest BCUT2D eigenvalue weighted by atomic mass is 32.1. The number of ether oxygens (including phenoxy) is 1. The van der Waals surface area contributed by atoms with Crippen molar-refractivity contribution >= 4 is 29.0 Å². The number of aryl methyl sites for hydroxylation is 1. The predicted octanol–water partition coefficient (Wildman–Crippen LogP) is 5.14. The molecule has 0 aliphatic carbocycles. The second kappa shape index (κ2) is 9.11. The van der Waals surface area contributed by atoms with E-state index in [1.54, 1.807) is 18.3 Å². The number of nitrogens with one attached hydrogen (secondary N) is 1. The molecule has 170 valence electrons. The molecule has 5 rings (SSSR count). The Kier molecular flexibility index (Phi) is 5.86. The van der Waals surface area contributed by atoms with Crippen LogP contribution in [-0.4, -0.2) is 27.7 Å². The standard InChI is InChI=1S/C27H24N4O2S/c1-18-8-12-21(13-9-18)31-25(24(29-27(31)34)22-6-3-4-16-28-22)23-7-5-17-30(23)20-14-10-19(11-15-20)26(32)33-2/h3-17,24-25H,1-2H3,(H,29,34)/t24-,25-/m0/s1. The normalized spacial score (nSPS) is 17.5. The van der Waals surface area contributed by atoms with Crippen LogP contribution in [0.2, 0.25) is 0 Å². The molecule has 2 atom stereocenters. The van der Waals surface area contributed by atoms with Gasteiger partial charge in [-0.05, 0) is 79.8 Å². The van der Waals surface area contributed by atoms with Crippen LogP contribution >= 0.6 is 12.2 Å². The molecule has 1 fully saturated rings. The second-order valence-electron chi connectivity index (χ2n) is 8.17. The van der Waals surface area contributed by atoms with E-state index < -0.39 is 0 Å². The van der Waals surface area contributed by atoms with Crippen molar-refractivity contribution in [2.45, 2.75) is 19.0 Å². The van der Waals surface area contributed by atoms with Crippen LogP contribution in [0.5, 0.6) is 0 Å². The maximum Gasteiger partial charge on any atom is 0.337 e. The van der Waals surface area contributed by atoms with Gasteiger partial charge in [0.1, 0.15) is 6.04 Å². The van der Waals surface area contributed by atoms with Crippen molar-refractivity contribution in [3.05, 3.63) is 114 Å². The molecule has 0 bridgehead atoms. The fourth-order valence-electron chi connectivity index (χ4n) is 4.39. The topological polar surface area (TPSA) is 59.4 Å². The number of nitrogens with zero attached hydrogens (tertiary/aromatic N) is 3. The number of methoxy groups -OCH3 is 1. The van der Waals surface area contributed by atoms with E-state index in [0.29, 0.717) is 10.7 Å². The largest absolute Gasteiger partial charge is 0.465 e. The van der Waals surface area contributed by atoms with Crippen LogP contribution in [0.25, 0.3) is 5.69 Å². The van der Waals surface area contributed by atoms with Gasteiger partial charge in [-0.1, -0.05) is 23.8 Å². The van der Waals surface area contributed by atoms with Crippen LogP contribution in [0.4, 0.5) is 5.69 Å². The summed E-state index contributed by atoms with van der Waals surface area (Å²) >= 11 is 5.83. The van der Waals surface area contributed by atoms with Gasteiger partial charge >= 0.3 is 5.97 Å². The minimum atomic E-state index is -0.356. The van der Waals surface area contributed by atoms with E-state index in [9.17, 15) is 4.79 Å². The number of aromatic nitrogens is 2. The molecule has 0 spiro atoms. The van der Waals surface area contributed by atoms with Gasteiger partial charge in [-0.15, -0.1) is 0 Å². The Hall–Kier alpha value is -3.97. The molecule has 0 amide bonds. The van der Waals surface area contributed by atoms with E-state index in [1.807, 2.05) is 42.6 Å². The van der Waals surface area contributed by atoms with Crippen LogP contribution in [0.1, 0.15) is 39.4 Å². The molecular formula is C27H24N4O2S. The molecule has 2 aromatic heterocycles. The first kappa shape index (κ1) is 21.9. The zero-order valence-electron chi connectivity index (χ0n) is 18.9. The molecule has 0 radical (unpaired) electrons. The first-order valence-corrected chi connectivity index (χ1v) is 11.4. The van der Waals surface area contributed by atoms with Gasteiger partial charge in [0.25, 0.3) is 0 Å². The second-order valence-corrected chi connectivity index (χ2v) is 8.56. The van der Waals surface area contributed by atoms with Gasteiger partial charge in [-0.3, -0.25) is 4.98 Å². The van der Waals surface area contributed by atoms with Gasteiger partial charge in [-0.25, -0.2) is 4.79 Å². The lowest BCUT2D eigenvalue weighted by Gasteiger charge is -2.29. The maximum absolute atomic E-state index is 11.9. The van der Waals surface area contributed by atoms with E-state index in [1.165, 1.54) is 12.7 Å². The molecule has 1 aliphatic heterocycles. The Balaban J connectivity index is 1.61. The lowest BCUT2D eigenvalue weighted by Crippen LogP contribution is -2.30. The molecule has 2 aromatic carbocycles. The molecule has 1 aliphatic rings. The molecule has 3 heterocycles. The number of rotatable bonds is 5. The van der Waals surface area contributed by atoms with Crippen molar-refractivity contribution in [3.63, 3.8) is 0 Å². The van der Waals surface area contributed by atoms with E-state index in [2.05, 4.69) is 57.0 Å². The zero-order chi connectivity index (χ0) is 23.7. The van der Waals surface area contributed by atoms with Crippen LogP contribution in [0.15, 0.2) is 91.3 Å². The van der Waals surface area contributed by atoms with E-state index in [-0.39, 0.29) is 18.1 Å². The third-order valence-electron chi connectivity index (χ3n) is 6.06. The lowest BCUT2D eigenvalue weighted by molar-refractivity contribution is 0.0600. The van der Waals surface area contributed by atoms with Crippen LogP contribution in [-0.2, 0) is 4.74 Å². The first-order chi connectivity index (χ1) is 16.6. The van der Waals surface area contributed by atoms with Crippen molar-refractivity contribution in [2.24, 2.45) is 0 Å². The predicted molar refractivity (Wildman–Crippen MR) is 136 cm³/mol. The van der Waals surface area contributed by atoms with Crippen molar-refractivity contribution in [1.29, 1.82) is 0 Å². The minimum absolute atomic E-state index is 0.139. The molecule has 1 N–H and O–H groups in total. The summed E-state index contributed by atoms with van der Waals surface area (Å²) in [6.07, 6.45) is 3.82. The molecule has 0 saturated carbocycles. The van der Waals surface area contributed by atoms with Gasteiger partial charge < -0.3 is 19.5 Å². The summed E-state index contributed by atoms with van der Waals surface area (Å²) in [5, 5.41) is 4.15. The van der Waals surface area contributed by atoms with Crippen LogP contribution < -0.4 is 10.2 Å². The molecule has 0 unspecified atom stereocenters. The van der Waals surface area contributed by atoms with Gasteiger partial charge in [0, 0.05) is 29.5 Å². The lowest BCUT2D eigenvalue weighted by atomic mass is 10.0. The Morgan fingerprint density at radius 1 is 0.971 bits per heavy atom. The number of pyridine rings is 1. The molecule has 34 heavy (non-hydrogen) atoms. The fraction of sp³-hybridized carbons (Fsp3) is 0.148. The van der Waals surface area contributed by atoms with E-state index in [4.69, 9.17) is 17.0 Å². The zero-order valence-corrected chi connectivity index (χ0v) is 19.7. The third-order valence-corrected chi connectivity index (χ3v) is 6.37. The summed E-state index contributed by atoms with van der Waals surface area (Å²) in [5.41, 5.74) is 5.62. The van der Waals surface area contributed by atoms with Crippen molar-refractivity contribution in [2.75, 3.05) is 12.0 Å². The van der Waals surface area contributed by atoms with E-state index in [0.717, 1.165) is 22.8 Å². The van der Waals surface area contributed by atoms with Crippen molar-refractivity contribution < 1.29 is 9.53 Å². The fourth-order valence-corrected chi connectivity index (χ4v) is 4.73. The van der Waals surface area contributed by atoms with Crippen LogP contribution in [0, 0.1) is 6.92 Å². The van der Waals surface area contributed by atoms with E-state index >= 15 is 0 Å². The minimum Gasteiger partial charge on any atom is -0.465 e. The molecule has 7 heteroatoms. The average molecular weight is 469 g/mol.